The number of aromatic nitrogens is 1. The van der Waals surface area contributed by atoms with E-state index in [0.717, 1.165) is 38.6 Å². The number of benzene rings is 1. The third kappa shape index (κ3) is 3.36. The van der Waals surface area contributed by atoms with E-state index in [2.05, 4.69) is 27.6 Å². The topological polar surface area (TPSA) is 26.0 Å². The van der Waals surface area contributed by atoms with Crippen LogP contribution >= 0.6 is 45.8 Å². The molecule has 0 amide bonds. The molecule has 17 heavy (non-hydrogen) atoms. The Balaban J connectivity index is 2.21. The highest BCUT2D eigenvalue weighted by atomic mass is 127. The lowest BCUT2D eigenvalue weighted by molar-refractivity contribution is 0.503. The highest BCUT2D eigenvalue weighted by Crippen LogP contribution is 2.27. The van der Waals surface area contributed by atoms with Crippen molar-refractivity contribution in [3.8, 4) is 11.3 Å². The SMILES string of the molecule is ClCCCc1ncc(-c2ccc(I)c(Cl)c2)o1. The molecule has 1 aromatic heterocycles. The third-order valence-electron chi connectivity index (χ3n) is 2.28. The Morgan fingerprint density at radius 2 is 2.18 bits per heavy atom. The molecule has 0 aliphatic heterocycles. The predicted octanol–water partition coefficient (Wildman–Crippen LogP) is 4.77. The normalized spacial score (nSPS) is 10.8. The summed E-state index contributed by atoms with van der Waals surface area (Å²) in [5.41, 5.74) is 0.944. The summed E-state index contributed by atoms with van der Waals surface area (Å²) >= 11 is 13.9. The van der Waals surface area contributed by atoms with Crippen molar-refractivity contribution in [3.63, 3.8) is 0 Å². The molecule has 1 heterocycles. The van der Waals surface area contributed by atoms with Gasteiger partial charge in [-0.2, -0.15) is 0 Å². The number of rotatable bonds is 4. The summed E-state index contributed by atoms with van der Waals surface area (Å²) in [6.07, 6.45) is 3.36. The lowest BCUT2D eigenvalue weighted by Crippen LogP contribution is -1.84. The molecular formula is C12H10Cl2INO. The van der Waals surface area contributed by atoms with E-state index in [-0.39, 0.29) is 0 Å². The van der Waals surface area contributed by atoms with Crippen molar-refractivity contribution in [2.45, 2.75) is 12.8 Å². The Hall–Kier alpha value is -0.260. The molecule has 0 aliphatic carbocycles. The number of nitrogens with zero attached hydrogens (tertiary/aromatic N) is 1. The van der Waals surface area contributed by atoms with E-state index >= 15 is 0 Å². The zero-order valence-corrected chi connectivity index (χ0v) is 12.6. The van der Waals surface area contributed by atoms with Crippen LogP contribution in [0.25, 0.3) is 11.3 Å². The van der Waals surface area contributed by atoms with E-state index in [1.165, 1.54) is 0 Å². The maximum atomic E-state index is 6.07. The van der Waals surface area contributed by atoms with Crippen LogP contribution in [0.3, 0.4) is 0 Å². The Morgan fingerprint density at radius 1 is 1.35 bits per heavy atom. The molecule has 0 bridgehead atoms. The molecule has 90 valence electrons. The Labute approximate surface area is 123 Å². The molecule has 0 saturated heterocycles. The molecule has 0 saturated carbocycles. The molecule has 0 radical (unpaired) electrons. The molecule has 0 spiro atoms. The predicted molar refractivity (Wildman–Crippen MR) is 78.7 cm³/mol. The van der Waals surface area contributed by atoms with Gasteiger partial charge in [0.25, 0.3) is 0 Å². The second-order valence-electron chi connectivity index (χ2n) is 3.54. The summed E-state index contributed by atoms with van der Waals surface area (Å²) in [6, 6.07) is 5.81. The molecule has 0 aliphatic rings. The van der Waals surface area contributed by atoms with Crippen LogP contribution in [0, 0.1) is 3.57 Å². The van der Waals surface area contributed by atoms with Crippen LogP contribution in [0.2, 0.25) is 5.02 Å². The van der Waals surface area contributed by atoms with Crippen molar-refractivity contribution in [2.75, 3.05) is 5.88 Å². The van der Waals surface area contributed by atoms with Crippen molar-refractivity contribution in [3.05, 3.63) is 38.9 Å². The number of halogens is 3. The number of aryl methyl sites for hydroxylation is 1. The van der Waals surface area contributed by atoms with Crippen molar-refractivity contribution in [1.82, 2.24) is 4.98 Å². The van der Waals surface area contributed by atoms with Gasteiger partial charge in [-0.05, 0) is 41.1 Å². The summed E-state index contributed by atoms with van der Waals surface area (Å²) in [4.78, 5) is 4.21. The smallest absolute Gasteiger partial charge is 0.194 e. The highest BCUT2D eigenvalue weighted by molar-refractivity contribution is 14.1. The van der Waals surface area contributed by atoms with Gasteiger partial charge in [-0.15, -0.1) is 11.6 Å². The van der Waals surface area contributed by atoms with Gasteiger partial charge in [-0.3, -0.25) is 0 Å². The molecule has 5 heteroatoms. The van der Waals surface area contributed by atoms with Crippen molar-refractivity contribution in [1.29, 1.82) is 0 Å². The van der Waals surface area contributed by atoms with Gasteiger partial charge in [-0.25, -0.2) is 4.98 Å². The lowest BCUT2D eigenvalue weighted by atomic mass is 10.2. The van der Waals surface area contributed by atoms with E-state index in [1.807, 2.05) is 18.2 Å². The summed E-state index contributed by atoms with van der Waals surface area (Å²) in [5.74, 6) is 2.08. The second-order valence-corrected chi connectivity index (χ2v) is 5.49. The first-order valence-electron chi connectivity index (χ1n) is 5.17. The van der Waals surface area contributed by atoms with Crippen LogP contribution in [0.1, 0.15) is 12.3 Å². The Morgan fingerprint density at radius 3 is 2.88 bits per heavy atom. The van der Waals surface area contributed by atoms with Crippen molar-refractivity contribution < 1.29 is 4.42 Å². The number of hydrogen-bond donors (Lipinski definition) is 0. The third-order valence-corrected chi connectivity index (χ3v) is 4.12. The first-order valence-corrected chi connectivity index (χ1v) is 7.16. The van der Waals surface area contributed by atoms with E-state index < -0.39 is 0 Å². The van der Waals surface area contributed by atoms with Crippen LogP contribution in [0.4, 0.5) is 0 Å². The molecular weight excluding hydrogens is 372 g/mol. The molecule has 0 fully saturated rings. The minimum absolute atomic E-state index is 0.618. The molecule has 0 atom stereocenters. The Kier molecular flexibility index (Phi) is 4.70. The maximum absolute atomic E-state index is 6.07. The minimum atomic E-state index is 0.618. The summed E-state index contributed by atoms with van der Waals surface area (Å²) in [5, 5.41) is 0.724. The van der Waals surface area contributed by atoms with Gasteiger partial charge in [0.05, 0.1) is 11.2 Å². The van der Waals surface area contributed by atoms with Gasteiger partial charge >= 0.3 is 0 Å². The molecule has 0 N–H and O–H groups in total. The molecule has 1 aromatic carbocycles. The first kappa shape index (κ1) is 13.2. The molecule has 0 unspecified atom stereocenters. The number of oxazole rings is 1. The van der Waals surface area contributed by atoms with Crippen molar-refractivity contribution >= 4 is 45.8 Å². The average Bonchev–Trinajstić information content (AvgIpc) is 2.79. The monoisotopic (exact) mass is 381 g/mol. The zero-order valence-electron chi connectivity index (χ0n) is 8.92. The fourth-order valence-corrected chi connectivity index (χ4v) is 2.08. The number of alkyl halides is 1. The summed E-state index contributed by atoms with van der Waals surface area (Å²) < 4.78 is 6.66. The average molecular weight is 382 g/mol. The Bertz CT molecular complexity index is 513. The van der Waals surface area contributed by atoms with Gasteiger partial charge in [0.2, 0.25) is 0 Å². The van der Waals surface area contributed by atoms with Crippen LogP contribution in [-0.4, -0.2) is 10.9 Å². The highest BCUT2D eigenvalue weighted by Gasteiger charge is 2.07. The van der Waals surface area contributed by atoms with E-state index in [9.17, 15) is 0 Å². The zero-order chi connectivity index (χ0) is 12.3. The van der Waals surface area contributed by atoms with E-state index in [0.29, 0.717) is 5.88 Å². The standard InChI is InChI=1S/C12H10Cl2INO/c13-5-1-2-12-16-7-11(17-12)8-3-4-10(15)9(14)6-8/h3-4,6-7H,1-2,5H2. The fourth-order valence-electron chi connectivity index (χ4n) is 1.43. The van der Waals surface area contributed by atoms with Gasteiger partial charge in [0.1, 0.15) is 0 Å². The van der Waals surface area contributed by atoms with E-state index in [1.54, 1.807) is 6.20 Å². The van der Waals surface area contributed by atoms with Gasteiger partial charge < -0.3 is 4.42 Å². The summed E-state index contributed by atoms with van der Waals surface area (Å²) in [7, 11) is 0. The quantitative estimate of drug-likeness (QED) is 0.563. The minimum Gasteiger partial charge on any atom is -0.441 e. The number of hydrogen-bond acceptors (Lipinski definition) is 2. The first-order chi connectivity index (χ1) is 8.20. The fraction of sp³-hybridized carbons (Fsp3) is 0.250. The van der Waals surface area contributed by atoms with Crippen LogP contribution in [0.15, 0.2) is 28.8 Å². The van der Waals surface area contributed by atoms with Gasteiger partial charge in [0, 0.05) is 21.4 Å². The van der Waals surface area contributed by atoms with Crippen molar-refractivity contribution in [2.24, 2.45) is 0 Å². The van der Waals surface area contributed by atoms with Crippen LogP contribution in [-0.2, 0) is 6.42 Å². The molecule has 2 aromatic rings. The van der Waals surface area contributed by atoms with Crippen LogP contribution in [0.5, 0.6) is 0 Å². The largest absolute Gasteiger partial charge is 0.441 e. The molecule has 2 nitrogen and oxygen atoms in total. The van der Waals surface area contributed by atoms with Gasteiger partial charge in [0.15, 0.2) is 11.7 Å². The van der Waals surface area contributed by atoms with E-state index in [4.69, 9.17) is 27.6 Å². The second kappa shape index (κ2) is 6.07. The maximum Gasteiger partial charge on any atom is 0.194 e. The van der Waals surface area contributed by atoms with Crippen LogP contribution < -0.4 is 0 Å². The van der Waals surface area contributed by atoms with Gasteiger partial charge in [-0.1, -0.05) is 17.7 Å². The lowest BCUT2D eigenvalue weighted by Gasteiger charge is -1.99. The molecule has 2 rings (SSSR count). The summed E-state index contributed by atoms with van der Waals surface area (Å²) in [6.45, 7) is 0.